The molecule has 1 fully saturated rings. The molecular formula is C23H28N4O4. The number of nitrogens with two attached hydrogens (primary N) is 1. The highest BCUT2D eigenvalue weighted by molar-refractivity contribution is 5.95. The Bertz CT molecular complexity index is 935. The van der Waals surface area contributed by atoms with E-state index in [1.807, 2.05) is 6.92 Å². The second-order valence-electron chi connectivity index (χ2n) is 7.17. The minimum Gasteiger partial charge on any atom is -0.497 e. The molecule has 31 heavy (non-hydrogen) atoms. The van der Waals surface area contributed by atoms with Crippen LogP contribution in [0.5, 0.6) is 11.5 Å². The molecular weight excluding hydrogens is 396 g/mol. The molecule has 0 bridgehead atoms. The molecule has 0 spiro atoms. The van der Waals surface area contributed by atoms with E-state index < -0.39 is 0 Å². The first-order chi connectivity index (χ1) is 15.0. The Morgan fingerprint density at radius 3 is 2.26 bits per heavy atom. The lowest BCUT2D eigenvalue weighted by Crippen LogP contribution is -2.33. The number of ether oxygens (including phenoxy) is 2. The molecule has 1 aliphatic carbocycles. The third-order valence-corrected chi connectivity index (χ3v) is 4.70. The van der Waals surface area contributed by atoms with Gasteiger partial charge in [0.1, 0.15) is 23.8 Å². The molecule has 1 aliphatic rings. The Hall–Kier alpha value is -3.68. The Kier molecular flexibility index (Phi) is 7.37. The van der Waals surface area contributed by atoms with Crippen LogP contribution in [0, 0.1) is 0 Å². The Labute approximate surface area is 181 Å². The van der Waals surface area contributed by atoms with Crippen LogP contribution in [-0.2, 0) is 4.79 Å². The van der Waals surface area contributed by atoms with E-state index in [1.165, 1.54) is 0 Å². The van der Waals surface area contributed by atoms with Crippen LogP contribution >= 0.6 is 0 Å². The van der Waals surface area contributed by atoms with Crippen molar-refractivity contribution in [3.63, 3.8) is 0 Å². The summed E-state index contributed by atoms with van der Waals surface area (Å²) in [6.07, 6.45) is 1.93. The first kappa shape index (κ1) is 22.0. The first-order valence-electron chi connectivity index (χ1n) is 10.2. The molecule has 0 radical (unpaired) electrons. The molecule has 3 rings (SSSR count). The van der Waals surface area contributed by atoms with Crippen molar-refractivity contribution in [2.75, 3.05) is 25.6 Å². The molecule has 0 unspecified atom stereocenters. The second-order valence-corrected chi connectivity index (χ2v) is 7.17. The summed E-state index contributed by atoms with van der Waals surface area (Å²) in [4.78, 5) is 24.4. The van der Waals surface area contributed by atoms with Crippen molar-refractivity contribution in [2.45, 2.75) is 25.8 Å². The fourth-order valence-corrected chi connectivity index (χ4v) is 2.78. The van der Waals surface area contributed by atoms with Gasteiger partial charge in [0.05, 0.1) is 12.8 Å². The van der Waals surface area contributed by atoms with Crippen molar-refractivity contribution < 1.29 is 19.1 Å². The topological polar surface area (TPSA) is 115 Å². The van der Waals surface area contributed by atoms with E-state index in [-0.39, 0.29) is 30.2 Å². The van der Waals surface area contributed by atoms with Gasteiger partial charge in [0.15, 0.2) is 0 Å². The fraction of sp³-hybridized carbons (Fsp3) is 0.304. The van der Waals surface area contributed by atoms with Gasteiger partial charge in [-0.05, 0) is 68.3 Å². The number of hydrogen-bond acceptors (Lipinski definition) is 6. The second kappa shape index (κ2) is 10.4. The zero-order chi connectivity index (χ0) is 22.2. The molecule has 8 heteroatoms. The monoisotopic (exact) mass is 424 g/mol. The van der Waals surface area contributed by atoms with E-state index in [2.05, 4.69) is 16.0 Å². The molecule has 0 atom stereocenters. The predicted molar refractivity (Wildman–Crippen MR) is 119 cm³/mol. The lowest BCUT2D eigenvalue weighted by Gasteiger charge is -2.16. The van der Waals surface area contributed by atoms with Crippen LogP contribution in [-0.4, -0.2) is 38.1 Å². The molecule has 2 aromatic rings. The van der Waals surface area contributed by atoms with Gasteiger partial charge in [0.25, 0.3) is 11.8 Å². The molecule has 8 nitrogen and oxygen atoms in total. The molecule has 2 amide bonds. The highest BCUT2D eigenvalue weighted by Crippen LogP contribution is 2.21. The lowest BCUT2D eigenvalue weighted by atomic mass is 10.2. The standard InChI is InChI=1S/C23H28N4O4/c1-3-25-22(28)15-4-6-16(7-5-15)26-20(21(24)23(29)27-17-8-9-17)14-31-19-12-10-18(30-2)11-13-19/h4-7,10-13,17,26H,3,8-9,14,24H2,1-2H3,(H,25,28)(H,27,29)/b21-20-. The smallest absolute Gasteiger partial charge is 0.269 e. The maximum Gasteiger partial charge on any atom is 0.269 e. The number of rotatable bonds is 10. The minimum atomic E-state index is -0.331. The van der Waals surface area contributed by atoms with Crippen LogP contribution in [0.4, 0.5) is 5.69 Å². The van der Waals surface area contributed by atoms with E-state index in [4.69, 9.17) is 15.2 Å². The van der Waals surface area contributed by atoms with Gasteiger partial charge >= 0.3 is 0 Å². The maximum atomic E-state index is 12.5. The molecule has 0 aromatic heterocycles. The fourth-order valence-electron chi connectivity index (χ4n) is 2.78. The maximum absolute atomic E-state index is 12.5. The van der Waals surface area contributed by atoms with Gasteiger partial charge in [-0.15, -0.1) is 0 Å². The van der Waals surface area contributed by atoms with Crippen molar-refractivity contribution in [3.05, 3.63) is 65.5 Å². The van der Waals surface area contributed by atoms with Crippen molar-refractivity contribution in [1.82, 2.24) is 10.6 Å². The average Bonchev–Trinajstić information content (AvgIpc) is 3.61. The Morgan fingerprint density at radius 2 is 1.68 bits per heavy atom. The Balaban J connectivity index is 1.74. The van der Waals surface area contributed by atoms with Gasteiger partial charge in [-0.3, -0.25) is 9.59 Å². The molecule has 0 aliphatic heterocycles. The van der Waals surface area contributed by atoms with Crippen LogP contribution in [0.1, 0.15) is 30.1 Å². The van der Waals surface area contributed by atoms with E-state index in [9.17, 15) is 9.59 Å². The summed E-state index contributed by atoms with van der Waals surface area (Å²) < 4.78 is 11.0. The summed E-state index contributed by atoms with van der Waals surface area (Å²) >= 11 is 0. The molecule has 5 N–H and O–H groups in total. The van der Waals surface area contributed by atoms with E-state index in [0.29, 0.717) is 29.2 Å². The minimum absolute atomic E-state index is 0.0632. The van der Waals surface area contributed by atoms with Crippen LogP contribution < -0.4 is 31.2 Å². The summed E-state index contributed by atoms with van der Waals surface area (Å²) in [5.41, 5.74) is 7.88. The van der Waals surface area contributed by atoms with Crippen LogP contribution in [0.2, 0.25) is 0 Å². The zero-order valence-corrected chi connectivity index (χ0v) is 17.7. The van der Waals surface area contributed by atoms with Crippen molar-refractivity contribution >= 4 is 17.5 Å². The summed E-state index contributed by atoms with van der Waals surface area (Å²) in [6.45, 7) is 2.48. The van der Waals surface area contributed by atoms with E-state index in [0.717, 1.165) is 18.6 Å². The number of hydrogen-bond donors (Lipinski definition) is 4. The average molecular weight is 425 g/mol. The number of benzene rings is 2. The van der Waals surface area contributed by atoms with Gasteiger partial charge in [-0.1, -0.05) is 0 Å². The quantitative estimate of drug-likeness (QED) is 0.436. The summed E-state index contributed by atoms with van der Waals surface area (Å²) in [7, 11) is 1.59. The van der Waals surface area contributed by atoms with Crippen molar-refractivity contribution in [3.8, 4) is 11.5 Å². The molecule has 0 saturated heterocycles. The van der Waals surface area contributed by atoms with Gasteiger partial charge in [0, 0.05) is 23.8 Å². The van der Waals surface area contributed by atoms with Gasteiger partial charge in [0.2, 0.25) is 0 Å². The lowest BCUT2D eigenvalue weighted by molar-refractivity contribution is -0.117. The number of nitrogens with one attached hydrogen (secondary N) is 3. The van der Waals surface area contributed by atoms with Gasteiger partial charge in [-0.2, -0.15) is 0 Å². The predicted octanol–water partition coefficient (Wildman–Crippen LogP) is 2.38. The molecule has 1 saturated carbocycles. The van der Waals surface area contributed by atoms with Crippen molar-refractivity contribution in [2.24, 2.45) is 5.73 Å². The summed E-state index contributed by atoms with van der Waals surface area (Å²) in [5, 5.41) is 8.80. The van der Waals surface area contributed by atoms with Crippen molar-refractivity contribution in [1.29, 1.82) is 0 Å². The van der Waals surface area contributed by atoms with Crippen LogP contribution in [0.25, 0.3) is 0 Å². The van der Waals surface area contributed by atoms with Crippen LogP contribution in [0.15, 0.2) is 59.9 Å². The third kappa shape index (κ3) is 6.40. The zero-order valence-electron chi connectivity index (χ0n) is 17.7. The number of amides is 2. The highest BCUT2D eigenvalue weighted by atomic mass is 16.5. The third-order valence-electron chi connectivity index (χ3n) is 4.70. The van der Waals surface area contributed by atoms with Gasteiger partial charge in [-0.25, -0.2) is 0 Å². The van der Waals surface area contributed by atoms with Gasteiger partial charge < -0.3 is 31.2 Å². The van der Waals surface area contributed by atoms with E-state index >= 15 is 0 Å². The number of carbonyl (C=O) groups is 2. The normalized spacial score (nSPS) is 13.6. The largest absolute Gasteiger partial charge is 0.497 e. The summed E-state index contributed by atoms with van der Waals surface area (Å²) in [5.74, 6) is 0.858. The summed E-state index contributed by atoms with van der Waals surface area (Å²) in [6, 6.07) is 14.2. The molecule has 164 valence electrons. The first-order valence-corrected chi connectivity index (χ1v) is 10.2. The SMILES string of the molecule is CCNC(=O)c1ccc(N/C(COc2ccc(OC)cc2)=C(\N)C(=O)NC2CC2)cc1. The van der Waals surface area contributed by atoms with Crippen LogP contribution in [0.3, 0.4) is 0 Å². The molecule has 0 heterocycles. The number of methoxy groups -OCH3 is 1. The molecule has 2 aromatic carbocycles. The highest BCUT2D eigenvalue weighted by Gasteiger charge is 2.25. The van der Waals surface area contributed by atoms with E-state index in [1.54, 1.807) is 55.6 Å². The Morgan fingerprint density at radius 1 is 1.03 bits per heavy atom. The number of anilines is 1. The number of carbonyl (C=O) groups excluding carboxylic acids is 2.